The molecule has 0 radical (unpaired) electrons. The van der Waals surface area contributed by atoms with E-state index in [9.17, 15) is 9.59 Å². The van der Waals surface area contributed by atoms with Crippen molar-refractivity contribution in [3.05, 3.63) is 12.2 Å². The molecule has 0 spiro atoms. The number of esters is 2. The fourth-order valence-corrected chi connectivity index (χ4v) is 1.77. The van der Waals surface area contributed by atoms with Gasteiger partial charge in [-0.2, -0.15) is 0 Å². The van der Waals surface area contributed by atoms with Crippen LogP contribution in [0.25, 0.3) is 0 Å². The molecule has 16 heavy (non-hydrogen) atoms. The zero-order chi connectivity index (χ0) is 11.8. The quantitative estimate of drug-likeness (QED) is 0.289. The summed E-state index contributed by atoms with van der Waals surface area (Å²) in [6.45, 7) is 2.19. The van der Waals surface area contributed by atoms with Gasteiger partial charge in [0.1, 0.15) is 0 Å². The lowest BCUT2D eigenvalue weighted by Gasteiger charge is -1.98. The van der Waals surface area contributed by atoms with E-state index in [1.807, 2.05) is 6.08 Å². The second-order valence-electron chi connectivity index (χ2n) is 4.25. The van der Waals surface area contributed by atoms with E-state index >= 15 is 0 Å². The monoisotopic (exact) mass is 224 g/mol. The van der Waals surface area contributed by atoms with Gasteiger partial charge in [-0.25, -0.2) is 0 Å². The summed E-state index contributed by atoms with van der Waals surface area (Å²) in [4.78, 5) is 21.9. The first-order chi connectivity index (χ1) is 7.74. The summed E-state index contributed by atoms with van der Waals surface area (Å²) in [6, 6.07) is 0. The Bertz CT molecular complexity index is 268. The number of cyclic esters (lactones) is 2. The molecule has 0 saturated carbocycles. The van der Waals surface area contributed by atoms with Gasteiger partial charge >= 0.3 is 11.9 Å². The van der Waals surface area contributed by atoms with E-state index in [2.05, 4.69) is 17.7 Å². The molecular formula is C13H20O3. The third-order valence-electron chi connectivity index (χ3n) is 2.77. The molecule has 0 aromatic rings. The highest BCUT2D eigenvalue weighted by Gasteiger charge is 2.31. The van der Waals surface area contributed by atoms with Gasteiger partial charge in [0.15, 0.2) is 0 Å². The van der Waals surface area contributed by atoms with E-state index in [-0.39, 0.29) is 24.3 Å². The van der Waals surface area contributed by atoms with Crippen LogP contribution in [0.5, 0.6) is 0 Å². The van der Waals surface area contributed by atoms with Gasteiger partial charge in [0.05, 0.1) is 12.3 Å². The van der Waals surface area contributed by atoms with E-state index in [0.717, 1.165) is 6.42 Å². The van der Waals surface area contributed by atoms with Gasteiger partial charge in [0.2, 0.25) is 0 Å². The Morgan fingerprint density at radius 3 is 2.69 bits per heavy atom. The third kappa shape index (κ3) is 4.60. The summed E-state index contributed by atoms with van der Waals surface area (Å²) >= 11 is 0. The molecular weight excluding hydrogens is 204 g/mol. The molecule has 1 saturated heterocycles. The fourth-order valence-electron chi connectivity index (χ4n) is 1.77. The molecule has 3 heteroatoms. The van der Waals surface area contributed by atoms with E-state index in [0.29, 0.717) is 6.42 Å². The summed E-state index contributed by atoms with van der Waals surface area (Å²) in [5, 5.41) is 0. The lowest BCUT2D eigenvalue weighted by atomic mass is 10.0. The fraction of sp³-hybridized carbons (Fsp3) is 0.692. The van der Waals surface area contributed by atoms with Crippen molar-refractivity contribution in [2.75, 3.05) is 0 Å². The van der Waals surface area contributed by atoms with E-state index in [4.69, 9.17) is 0 Å². The summed E-state index contributed by atoms with van der Waals surface area (Å²) in [5.41, 5.74) is 0. The van der Waals surface area contributed by atoms with Crippen molar-refractivity contribution in [3.63, 3.8) is 0 Å². The second kappa shape index (κ2) is 7.20. The lowest BCUT2D eigenvalue weighted by Crippen LogP contribution is -2.05. The van der Waals surface area contributed by atoms with Gasteiger partial charge < -0.3 is 4.74 Å². The van der Waals surface area contributed by atoms with Crippen LogP contribution in [-0.4, -0.2) is 11.9 Å². The Labute approximate surface area is 96.9 Å². The highest BCUT2D eigenvalue weighted by atomic mass is 16.6. The number of carbonyl (C=O) groups excluding carboxylic acids is 2. The van der Waals surface area contributed by atoms with Crippen molar-refractivity contribution < 1.29 is 14.3 Å². The molecule has 0 amide bonds. The molecule has 0 aromatic heterocycles. The van der Waals surface area contributed by atoms with Gasteiger partial charge in [-0.15, -0.1) is 0 Å². The second-order valence-corrected chi connectivity index (χ2v) is 4.25. The van der Waals surface area contributed by atoms with Crippen LogP contribution in [-0.2, 0) is 14.3 Å². The molecule has 1 heterocycles. The lowest BCUT2D eigenvalue weighted by molar-refractivity contribution is -0.153. The standard InChI is InChI=1S/C13H20O3/c1-2-3-4-5-6-7-8-9-11-10-12(14)16-13(11)15/h7-8,11H,2-6,9-10H2,1H3/b8-7-/t11-/m0/s1. The maximum absolute atomic E-state index is 11.1. The first-order valence-electron chi connectivity index (χ1n) is 6.13. The number of hydrogen-bond donors (Lipinski definition) is 0. The minimum absolute atomic E-state index is 0.237. The van der Waals surface area contributed by atoms with Crippen molar-refractivity contribution in [2.45, 2.75) is 51.9 Å². The average molecular weight is 224 g/mol. The number of ether oxygens (including phenoxy) is 1. The molecule has 1 aliphatic heterocycles. The van der Waals surface area contributed by atoms with E-state index < -0.39 is 0 Å². The summed E-state index contributed by atoms with van der Waals surface area (Å²) in [7, 11) is 0. The molecule has 1 atom stereocenters. The predicted octanol–water partition coefficient (Wildman–Crippen LogP) is 2.99. The zero-order valence-corrected chi connectivity index (χ0v) is 9.91. The Kier molecular flexibility index (Phi) is 5.83. The number of carbonyl (C=O) groups is 2. The van der Waals surface area contributed by atoms with Gasteiger partial charge in [-0.1, -0.05) is 38.3 Å². The van der Waals surface area contributed by atoms with E-state index in [1.165, 1.54) is 25.7 Å². The van der Waals surface area contributed by atoms with Crippen molar-refractivity contribution in [1.29, 1.82) is 0 Å². The first-order valence-corrected chi connectivity index (χ1v) is 6.13. The summed E-state index contributed by atoms with van der Waals surface area (Å²) < 4.78 is 4.47. The van der Waals surface area contributed by atoms with Crippen LogP contribution >= 0.6 is 0 Å². The van der Waals surface area contributed by atoms with Gasteiger partial charge in [-0.3, -0.25) is 9.59 Å². The van der Waals surface area contributed by atoms with Crippen molar-refractivity contribution in [1.82, 2.24) is 0 Å². The van der Waals surface area contributed by atoms with Crippen molar-refractivity contribution in [2.24, 2.45) is 5.92 Å². The largest absolute Gasteiger partial charge is 0.393 e. The summed E-state index contributed by atoms with van der Waals surface area (Å²) in [5.74, 6) is -0.980. The molecule has 90 valence electrons. The van der Waals surface area contributed by atoms with Crippen LogP contribution in [0.3, 0.4) is 0 Å². The molecule has 1 rings (SSSR count). The minimum Gasteiger partial charge on any atom is -0.393 e. The topological polar surface area (TPSA) is 43.4 Å². The van der Waals surface area contributed by atoms with Gasteiger partial charge in [-0.05, 0) is 19.3 Å². The third-order valence-corrected chi connectivity index (χ3v) is 2.77. The number of rotatable bonds is 7. The van der Waals surface area contributed by atoms with Crippen LogP contribution in [0.1, 0.15) is 51.9 Å². The summed E-state index contributed by atoms with van der Waals surface area (Å²) in [6.07, 6.45) is 11.1. The molecule has 0 aliphatic carbocycles. The highest BCUT2D eigenvalue weighted by molar-refractivity contribution is 5.94. The minimum atomic E-state index is -0.383. The zero-order valence-electron chi connectivity index (χ0n) is 9.91. The highest BCUT2D eigenvalue weighted by Crippen LogP contribution is 2.19. The van der Waals surface area contributed by atoms with Crippen LogP contribution < -0.4 is 0 Å². The van der Waals surface area contributed by atoms with Crippen molar-refractivity contribution in [3.8, 4) is 0 Å². The smallest absolute Gasteiger partial charge is 0.317 e. The van der Waals surface area contributed by atoms with Crippen LogP contribution in [0, 0.1) is 5.92 Å². The molecule has 3 nitrogen and oxygen atoms in total. The Morgan fingerprint density at radius 2 is 2.06 bits per heavy atom. The molecule has 1 aliphatic rings. The van der Waals surface area contributed by atoms with Crippen LogP contribution in [0.4, 0.5) is 0 Å². The van der Waals surface area contributed by atoms with Crippen molar-refractivity contribution >= 4 is 11.9 Å². The Balaban J connectivity index is 2.08. The molecule has 1 fully saturated rings. The molecule has 0 unspecified atom stereocenters. The average Bonchev–Trinajstić information content (AvgIpc) is 2.56. The van der Waals surface area contributed by atoms with Gasteiger partial charge in [0.25, 0.3) is 0 Å². The number of hydrogen-bond acceptors (Lipinski definition) is 3. The predicted molar refractivity (Wildman–Crippen MR) is 61.7 cm³/mol. The van der Waals surface area contributed by atoms with Gasteiger partial charge in [0, 0.05) is 0 Å². The molecule has 0 N–H and O–H groups in total. The Hall–Kier alpha value is -1.12. The SMILES string of the molecule is CCCCCC/C=C\C[C@H]1CC(=O)OC1=O. The first kappa shape index (κ1) is 12.9. The van der Waals surface area contributed by atoms with E-state index in [1.54, 1.807) is 0 Å². The number of unbranched alkanes of at least 4 members (excludes halogenated alkanes) is 4. The van der Waals surface area contributed by atoms with Crippen LogP contribution in [0.2, 0.25) is 0 Å². The molecule has 0 aromatic carbocycles. The normalized spacial score (nSPS) is 20.7. The maximum Gasteiger partial charge on any atom is 0.317 e. The number of allylic oxidation sites excluding steroid dienone is 2. The Morgan fingerprint density at radius 1 is 1.25 bits per heavy atom. The molecule has 0 bridgehead atoms. The van der Waals surface area contributed by atoms with Crippen LogP contribution in [0.15, 0.2) is 12.2 Å². The maximum atomic E-state index is 11.1.